The van der Waals surface area contributed by atoms with Crippen molar-refractivity contribution in [3.8, 4) is 0 Å². The Kier molecular flexibility index (Phi) is 3.19. The molecule has 0 aromatic rings. The van der Waals surface area contributed by atoms with E-state index in [4.69, 9.17) is 9.84 Å². The van der Waals surface area contributed by atoms with Gasteiger partial charge in [-0.25, -0.2) is 0 Å². The molecule has 0 radical (unpaired) electrons. The summed E-state index contributed by atoms with van der Waals surface area (Å²) in [6, 6.07) is 0. The first-order chi connectivity index (χ1) is 6.13. The van der Waals surface area contributed by atoms with Crippen molar-refractivity contribution in [1.29, 1.82) is 0 Å². The Morgan fingerprint density at radius 2 is 2.46 bits per heavy atom. The summed E-state index contributed by atoms with van der Waals surface area (Å²) in [5, 5.41) is 8.78. The molecule has 1 rings (SSSR count). The van der Waals surface area contributed by atoms with Gasteiger partial charge in [0.2, 0.25) is 0 Å². The van der Waals surface area contributed by atoms with E-state index in [0.717, 1.165) is 0 Å². The van der Waals surface area contributed by atoms with Crippen LogP contribution in [0.4, 0.5) is 0 Å². The highest BCUT2D eigenvalue weighted by molar-refractivity contribution is 5.96. The van der Waals surface area contributed by atoms with Crippen LogP contribution in [0.2, 0.25) is 0 Å². The Hall–Kier alpha value is -1.16. The number of Topliss-reactive ketones (excluding diaryl/α,β-unsaturated/α-hetero) is 1. The molecule has 13 heavy (non-hydrogen) atoms. The van der Waals surface area contributed by atoms with Crippen LogP contribution in [-0.2, 0) is 14.3 Å². The number of carbonyl (C=O) groups excluding carboxylic acids is 2. The summed E-state index contributed by atoms with van der Waals surface area (Å²) in [4.78, 5) is 21.7. The average Bonchev–Trinajstić information content (AvgIpc) is 2.07. The zero-order valence-corrected chi connectivity index (χ0v) is 7.45. The Labute approximate surface area is 76.2 Å². The molecular formula is C9H12O4. The fourth-order valence-electron chi connectivity index (χ4n) is 1.28. The third-order valence-electron chi connectivity index (χ3n) is 1.89. The second-order valence-corrected chi connectivity index (χ2v) is 2.96. The number of hydrogen-bond acceptors (Lipinski definition) is 4. The summed E-state index contributed by atoms with van der Waals surface area (Å²) in [7, 11) is 0. The van der Waals surface area contributed by atoms with Gasteiger partial charge in [0.1, 0.15) is 6.10 Å². The number of esters is 1. The number of carbonyl (C=O) groups is 2. The first kappa shape index (κ1) is 9.92. The highest BCUT2D eigenvalue weighted by atomic mass is 16.5. The molecular weight excluding hydrogens is 172 g/mol. The summed E-state index contributed by atoms with van der Waals surface area (Å²) >= 11 is 0. The van der Waals surface area contributed by atoms with Gasteiger partial charge in [0.15, 0.2) is 5.78 Å². The van der Waals surface area contributed by atoms with Crippen LogP contribution in [0.3, 0.4) is 0 Å². The number of hydrogen-bond donors (Lipinski definition) is 1. The summed E-state index contributed by atoms with van der Waals surface area (Å²) in [6.07, 6.45) is 2.02. The lowest BCUT2D eigenvalue weighted by molar-refractivity contribution is -0.145. The Morgan fingerprint density at radius 1 is 1.77 bits per heavy atom. The quantitative estimate of drug-likeness (QED) is 0.623. The van der Waals surface area contributed by atoms with E-state index >= 15 is 0 Å². The van der Waals surface area contributed by atoms with E-state index < -0.39 is 0 Å². The highest BCUT2D eigenvalue weighted by Gasteiger charge is 2.21. The van der Waals surface area contributed by atoms with Gasteiger partial charge in [-0.05, 0) is 12.5 Å². The molecule has 4 nitrogen and oxygen atoms in total. The highest BCUT2D eigenvalue weighted by Crippen LogP contribution is 2.16. The monoisotopic (exact) mass is 184 g/mol. The van der Waals surface area contributed by atoms with Crippen molar-refractivity contribution in [1.82, 2.24) is 0 Å². The number of ether oxygens (including phenoxy) is 1. The standard InChI is InChI=1S/C9H12O4/c1-6(11)13-8-2-3-9(12)7(4-8)5-10/h4,8,10H,2-3,5H2,1H3/t8-/m0/s1. The summed E-state index contributed by atoms with van der Waals surface area (Å²) < 4.78 is 4.89. The second kappa shape index (κ2) is 4.18. The van der Waals surface area contributed by atoms with Gasteiger partial charge in [-0.3, -0.25) is 9.59 Å². The molecule has 1 N–H and O–H groups in total. The molecule has 0 aromatic carbocycles. The molecule has 0 saturated heterocycles. The van der Waals surface area contributed by atoms with Crippen molar-refractivity contribution in [2.75, 3.05) is 6.61 Å². The van der Waals surface area contributed by atoms with Gasteiger partial charge in [-0.2, -0.15) is 0 Å². The molecule has 1 aliphatic carbocycles. The fourth-order valence-corrected chi connectivity index (χ4v) is 1.28. The van der Waals surface area contributed by atoms with Gasteiger partial charge >= 0.3 is 5.97 Å². The number of aliphatic hydroxyl groups excluding tert-OH is 1. The molecule has 0 saturated carbocycles. The molecule has 1 atom stereocenters. The maximum atomic E-state index is 11.1. The lowest BCUT2D eigenvalue weighted by atomic mass is 9.96. The minimum absolute atomic E-state index is 0.0640. The molecule has 0 unspecified atom stereocenters. The van der Waals surface area contributed by atoms with Crippen molar-refractivity contribution >= 4 is 11.8 Å². The van der Waals surface area contributed by atoms with Gasteiger partial charge < -0.3 is 9.84 Å². The molecule has 0 bridgehead atoms. The van der Waals surface area contributed by atoms with Crippen molar-refractivity contribution in [2.24, 2.45) is 0 Å². The van der Waals surface area contributed by atoms with E-state index in [1.807, 2.05) is 0 Å². The molecule has 0 aliphatic heterocycles. The molecule has 0 aromatic heterocycles. The van der Waals surface area contributed by atoms with E-state index in [9.17, 15) is 9.59 Å². The van der Waals surface area contributed by atoms with Crippen LogP contribution in [0.5, 0.6) is 0 Å². The Balaban J connectivity index is 2.65. The van der Waals surface area contributed by atoms with Crippen LogP contribution in [0.15, 0.2) is 11.6 Å². The van der Waals surface area contributed by atoms with Gasteiger partial charge in [-0.15, -0.1) is 0 Å². The van der Waals surface area contributed by atoms with E-state index in [1.54, 1.807) is 0 Å². The van der Waals surface area contributed by atoms with E-state index in [0.29, 0.717) is 18.4 Å². The van der Waals surface area contributed by atoms with Crippen LogP contribution in [0, 0.1) is 0 Å². The average molecular weight is 184 g/mol. The van der Waals surface area contributed by atoms with Gasteiger partial charge in [0, 0.05) is 18.9 Å². The predicted octanol–water partition coefficient (Wildman–Crippen LogP) is 0.200. The first-order valence-electron chi connectivity index (χ1n) is 4.15. The normalized spacial score (nSPS) is 22.5. The van der Waals surface area contributed by atoms with Gasteiger partial charge in [-0.1, -0.05) is 0 Å². The van der Waals surface area contributed by atoms with Crippen molar-refractivity contribution in [3.63, 3.8) is 0 Å². The molecule has 0 spiro atoms. The van der Waals surface area contributed by atoms with Gasteiger partial charge in [0.25, 0.3) is 0 Å². The van der Waals surface area contributed by atoms with E-state index in [-0.39, 0.29) is 24.5 Å². The lowest BCUT2D eigenvalue weighted by Gasteiger charge is -2.18. The minimum Gasteiger partial charge on any atom is -0.458 e. The minimum atomic E-state index is -0.368. The van der Waals surface area contributed by atoms with Crippen LogP contribution in [-0.4, -0.2) is 29.6 Å². The van der Waals surface area contributed by atoms with Gasteiger partial charge in [0.05, 0.1) is 6.61 Å². The molecule has 1 aliphatic rings. The topological polar surface area (TPSA) is 63.6 Å². The number of rotatable bonds is 2. The van der Waals surface area contributed by atoms with Crippen LogP contribution in [0.1, 0.15) is 19.8 Å². The van der Waals surface area contributed by atoms with Crippen molar-refractivity contribution in [3.05, 3.63) is 11.6 Å². The zero-order chi connectivity index (χ0) is 9.84. The molecule has 0 fully saturated rings. The van der Waals surface area contributed by atoms with Crippen LogP contribution >= 0.6 is 0 Å². The van der Waals surface area contributed by atoms with Crippen LogP contribution < -0.4 is 0 Å². The number of aliphatic hydroxyl groups is 1. The Morgan fingerprint density at radius 3 is 3.00 bits per heavy atom. The second-order valence-electron chi connectivity index (χ2n) is 2.96. The van der Waals surface area contributed by atoms with Crippen molar-refractivity contribution < 1.29 is 19.4 Å². The summed E-state index contributed by atoms with van der Waals surface area (Å²) in [5.74, 6) is -0.432. The van der Waals surface area contributed by atoms with Crippen LogP contribution in [0.25, 0.3) is 0 Å². The first-order valence-corrected chi connectivity index (χ1v) is 4.15. The predicted molar refractivity (Wildman–Crippen MR) is 45.0 cm³/mol. The smallest absolute Gasteiger partial charge is 0.303 e. The van der Waals surface area contributed by atoms with E-state index in [2.05, 4.69) is 0 Å². The molecule has 72 valence electrons. The Bertz CT molecular complexity index is 254. The summed E-state index contributed by atoms with van der Waals surface area (Å²) in [5.41, 5.74) is 0.345. The lowest BCUT2D eigenvalue weighted by Crippen LogP contribution is -2.23. The maximum Gasteiger partial charge on any atom is 0.303 e. The fraction of sp³-hybridized carbons (Fsp3) is 0.556. The largest absolute Gasteiger partial charge is 0.458 e. The number of ketones is 1. The molecule has 0 heterocycles. The summed E-state index contributed by atoms with van der Waals surface area (Å²) in [6.45, 7) is 1.04. The third-order valence-corrected chi connectivity index (χ3v) is 1.89. The van der Waals surface area contributed by atoms with E-state index in [1.165, 1.54) is 13.0 Å². The molecule has 0 amide bonds. The maximum absolute atomic E-state index is 11.1. The molecule has 4 heteroatoms. The van der Waals surface area contributed by atoms with Crippen molar-refractivity contribution in [2.45, 2.75) is 25.9 Å². The zero-order valence-electron chi connectivity index (χ0n) is 7.45. The SMILES string of the molecule is CC(=O)O[C@@H]1C=C(CO)C(=O)CC1. The third kappa shape index (κ3) is 2.66.